The van der Waals surface area contributed by atoms with Crippen molar-refractivity contribution in [2.24, 2.45) is 0 Å². The van der Waals surface area contributed by atoms with Crippen molar-refractivity contribution >= 4 is 9.84 Å². The van der Waals surface area contributed by atoms with Gasteiger partial charge >= 0.3 is 0 Å². The zero-order valence-corrected chi connectivity index (χ0v) is 12.1. The largest absolute Gasteiger partial charge is 0.493 e. The van der Waals surface area contributed by atoms with Crippen molar-refractivity contribution in [1.29, 1.82) is 0 Å². The third kappa shape index (κ3) is 3.71. The highest BCUT2D eigenvalue weighted by Gasteiger charge is 2.23. The Morgan fingerprint density at radius 1 is 1.56 bits per heavy atom. The molecule has 0 saturated heterocycles. The SMILES string of the molecule is CCCn1ncc(OC)c1C(CS(C)(=O)=O)NC. The second kappa shape index (κ2) is 6.19. The summed E-state index contributed by atoms with van der Waals surface area (Å²) in [6, 6.07) is -0.316. The Morgan fingerprint density at radius 2 is 2.22 bits per heavy atom. The summed E-state index contributed by atoms with van der Waals surface area (Å²) < 4.78 is 30.0. The van der Waals surface area contributed by atoms with E-state index in [1.165, 1.54) is 6.26 Å². The van der Waals surface area contributed by atoms with Crippen molar-refractivity contribution in [2.75, 3.05) is 26.2 Å². The highest BCUT2D eigenvalue weighted by atomic mass is 32.2. The van der Waals surface area contributed by atoms with Crippen LogP contribution in [0, 0.1) is 0 Å². The fourth-order valence-electron chi connectivity index (χ4n) is 1.88. The van der Waals surface area contributed by atoms with Gasteiger partial charge in [0.15, 0.2) is 5.75 Å². The van der Waals surface area contributed by atoms with Gasteiger partial charge < -0.3 is 10.1 Å². The van der Waals surface area contributed by atoms with E-state index in [1.54, 1.807) is 25.0 Å². The average molecular weight is 275 g/mol. The molecule has 6 nitrogen and oxygen atoms in total. The number of ether oxygens (including phenoxy) is 1. The smallest absolute Gasteiger partial charge is 0.161 e. The lowest BCUT2D eigenvalue weighted by atomic mass is 10.2. The minimum Gasteiger partial charge on any atom is -0.493 e. The number of nitrogens with one attached hydrogen (secondary N) is 1. The fraction of sp³-hybridized carbons (Fsp3) is 0.727. The van der Waals surface area contributed by atoms with Crippen LogP contribution in [0.25, 0.3) is 0 Å². The Labute approximate surface area is 108 Å². The maximum Gasteiger partial charge on any atom is 0.161 e. The summed E-state index contributed by atoms with van der Waals surface area (Å²) in [5, 5.41) is 7.25. The van der Waals surface area contributed by atoms with E-state index in [0.717, 1.165) is 18.7 Å². The molecule has 1 rings (SSSR count). The third-order valence-corrected chi connectivity index (χ3v) is 3.59. The lowest BCUT2D eigenvalue weighted by Gasteiger charge is -2.18. The van der Waals surface area contributed by atoms with Crippen molar-refractivity contribution in [3.8, 4) is 5.75 Å². The Balaban J connectivity index is 3.13. The van der Waals surface area contributed by atoms with Crippen LogP contribution in [-0.2, 0) is 16.4 Å². The third-order valence-electron chi connectivity index (χ3n) is 2.65. The summed E-state index contributed by atoms with van der Waals surface area (Å²) >= 11 is 0. The quantitative estimate of drug-likeness (QED) is 0.789. The van der Waals surface area contributed by atoms with E-state index in [2.05, 4.69) is 10.4 Å². The predicted molar refractivity (Wildman–Crippen MR) is 70.6 cm³/mol. The number of hydrogen-bond acceptors (Lipinski definition) is 5. The van der Waals surface area contributed by atoms with Crippen LogP contribution in [0.1, 0.15) is 25.1 Å². The normalized spacial score (nSPS) is 13.6. The molecule has 7 heteroatoms. The molecule has 0 aliphatic heterocycles. The van der Waals surface area contributed by atoms with Crippen molar-refractivity contribution in [3.63, 3.8) is 0 Å². The summed E-state index contributed by atoms with van der Waals surface area (Å²) in [6.07, 6.45) is 3.77. The lowest BCUT2D eigenvalue weighted by Crippen LogP contribution is -2.27. The van der Waals surface area contributed by atoms with E-state index in [4.69, 9.17) is 4.74 Å². The van der Waals surface area contributed by atoms with E-state index in [9.17, 15) is 8.42 Å². The number of nitrogens with zero attached hydrogens (tertiary/aromatic N) is 2. The molecule has 104 valence electrons. The van der Waals surface area contributed by atoms with Gasteiger partial charge in [0.1, 0.15) is 9.84 Å². The summed E-state index contributed by atoms with van der Waals surface area (Å²) in [6.45, 7) is 2.78. The Bertz CT molecular complexity index is 482. The van der Waals surface area contributed by atoms with Crippen molar-refractivity contribution in [3.05, 3.63) is 11.9 Å². The second-order valence-corrected chi connectivity index (χ2v) is 6.44. The summed E-state index contributed by atoms with van der Waals surface area (Å²) in [4.78, 5) is 0. The van der Waals surface area contributed by atoms with E-state index in [-0.39, 0.29) is 11.8 Å². The Hall–Kier alpha value is -1.08. The van der Waals surface area contributed by atoms with Gasteiger partial charge in [0.05, 0.1) is 30.8 Å². The molecule has 0 spiro atoms. The van der Waals surface area contributed by atoms with E-state index in [0.29, 0.717) is 5.75 Å². The van der Waals surface area contributed by atoms with Gasteiger partial charge in [0.2, 0.25) is 0 Å². The number of sulfone groups is 1. The molecule has 1 aromatic rings. The number of aromatic nitrogens is 2. The van der Waals surface area contributed by atoms with Crippen LogP contribution in [-0.4, -0.2) is 44.4 Å². The second-order valence-electron chi connectivity index (χ2n) is 4.26. The minimum atomic E-state index is -3.08. The standard InChI is InChI=1S/C11H21N3O3S/c1-5-6-14-11(10(17-3)7-13-14)9(12-2)8-18(4,15)16/h7,9,12H,5-6,8H2,1-4H3. The molecule has 1 atom stereocenters. The molecule has 0 aromatic carbocycles. The summed E-state index contributed by atoms with van der Waals surface area (Å²) in [5.41, 5.74) is 0.785. The molecule has 1 N–H and O–H groups in total. The fourth-order valence-corrected chi connectivity index (χ4v) is 2.81. The highest BCUT2D eigenvalue weighted by Crippen LogP contribution is 2.26. The number of aryl methyl sites for hydroxylation is 1. The molecule has 18 heavy (non-hydrogen) atoms. The Morgan fingerprint density at radius 3 is 2.67 bits per heavy atom. The molecule has 1 aromatic heterocycles. The topological polar surface area (TPSA) is 73.2 Å². The van der Waals surface area contributed by atoms with E-state index in [1.807, 2.05) is 6.92 Å². The Kier molecular flexibility index (Phi) is 5.15. The van der Waals surface area contributed by atoms with Gasteiger partial charge in [-0.15, -0.1) is 0 Å². The predicted octanol–water partition coefficient (Wildman–Crippen LogP) is 0.607. The first-order chi connectivity index (χ1) is 8.42. The highest BCUT2D eigenvalue weighted by molar-refractivity contribution is 7.90. The zero-order chi connectivity index (χ0) is 13.8. The van der Waals surface area contributed by atoms with Crippen molar-refractivity contribution < 1.29 is 13.2 Å². The van der Waals surface area contributed by atoms with E-state index >= 15 is 0 Å². The number of rotatable bonds is 7. The number of hydrogen-bond donors (Lipinski definition) is 1. The van der Waals surface area contributed by atoms with Crippen LogP contribution in [0.4, 0.5) is 0 Å². The van der Waals surface area contributed by atoms with Gasteiger partial charge in [0.25, 0.3) is 0 Å². The molecule has 1 heterocycles. The van der Waals surface area contributed by atoms with Gasteiger partial charge in [-0.05, 0) is 13.5 Å². The van der Waals surface area contributed by atoms with Crippen LogP contribution in [0.5, 0.6) is 5.75 Å². The first-order valence-electron chi connectivity index (χ1n) is 5.87. The molecule has 0 fully saturated rings. The van der Waals surface area contributed by atoms with Gasteiger partial charge in [-0.25, -0.2) is 8.42 Å². The van der Waals surface area contributed by atoms with E-state index < -0.39 is 9.84 Å². The molecular weight excluding hydrogens is 254 g/mol. The lowest BCUT2D eigenvalue weighted by molar-refractivity contribution is 0.397. The van der Waals surface area contributed by atoms with Crippen molar-refractivity contribution in [1.82, 2.24) is 15.1 Å². The van der Waals surface area contributed by atoms with Crippen LogP contribution < -0.4 is 10.1 Å². The van der Waals surface area contributed by atoms with Crippen LogP contribution in [0.3, 0.4) is 0 Å². The molecule has 0 amide bonds. The summed E-state index contributed by atoms with van der Waals surface area (Å²) in [5.74, 6) is 0.640. The zero-order valence-electron chi connectivity index (χ0n) is 11.3. The maximum absolute atomic E-state index is 11.5. The average Bonchev–Trinajstić information content (AvgIpc) is 2.68. The van der Waals surface area contributed by atoms with Crippen LogP contribution in [0.2, 0.25) is 0 Å². The summed E-state index contributed by atoms with van der Waals surface area (Å²) in [7, 11) is 0.217. The van der Waals surface area contributed by atoms with Crippen LogP contribution in [0.15, 0.2) is 6.20 Å². The minimum absolute atomic E-state index is 0.0231. The van der Waals surface area contributed by atoms with Gasteiger partial charge in [-0.2, -0.15) is 5.10 Å². The molecule has 0 aliphatic carbocycles. The molecule has 1 unspecified atom stereocenters. The molecule has 0 saturated carbocycles. The number of methoxy groups -OCH3 is 1. The monoisotopic (exact) mass is 275 g/mol. The van der Waals surface area contributed by atoms with Gasteiger partial charge in [-0.3, -0.25) is 4.68 Å². The van der Waals surface area contributed by atoms with Gasteiger partial charge in [-0.1, -0.05) is 6.92 Å². The maximum atomic E-state index is 11.5. The van der Waals surface area contributed by atoms with Crippen molar-refractivity contribution in [2.45, 2.75) is 25.9 Å². The molecule has 0 aliphatic rings. The molecule has 0 radical (unpaired) electrons. The molecule has 0 bridgehead atoms. The first-order valence-corrected chi connectivity index (χ1v) is 7.93. The van der Waals surface area contributed by atoms with Crippen LogP contribution >= 0.6 is 0 Å². The molecular formula is C11H21N3O3S. The first kappa shape index (κ1) is 15.0. The van der Waals surface area contributed by atoms with Gasteiger partial charge in [0, 0.05) is 12.8 Å².